The molecule has 0 saturated carbocycles. The van der Waals surface area contributed by atoms with Crippen LogP contribution in [0.3, 0.4) is 0 Å². The fraction of sp³-hybridized carbons (Fsp3) is 1.00. The Balaban J connectivity index is 1.91. The lowest BCUT2D eigenvalue weighted by Gasteiger charge is -2.23. The van der Waals surface area contributed by atoms with Gasteiger partial charge in [0, 0.05) is 12.6 Å². The molecule has 0 radical (unpaired) electrons. The second kappa shape index (κ2) is 6.44. The van der Waals surface area contributed by atoms with Gasteiger partial charge in [-0.3, -0.25) is 0 Å². The summed E-state index contributed by atoms with van der Waals surface area (Å²) in [6.07, 6.45) is 6.44. The van der Waals surface area contributed by atoms with Crippen LogP contribution in [-0.4, -0.2) is 25.8 Å². The van der Waals surface area contributed by atoms with E-state index in [9.17, 15) is 0 Å². The Morgan fingerprint density at radius 1 is 1.42 bits per heavy atom. The van der Waals surface area contributed by atoms with Crippen molar-refractivity contribution in [2.75, 3.05) is 19.8 Å². The molecule has 0 spiro atoms. The first kappa shape index (κ1) is 10.0. The van der Waals surface area contributed by atoms with E-state index in [2.05, 4.69) is 12.2 Å². The molecule has 0 aromatic rings. The first-order valence-electron chi connectivity index (χ1n) is 5.24. The molecule has 1 aliphatic rings. The minimum absolute atomic E-state index is 0.635. The Morgan fingerprint density at radius 2 is 2.33 bits per heavy atom. The molecule has 72 valence electrons. The smallest absolute Gasteiger partial charge is 0.0619 e. The molecule has 1 aliphatic heterocycles. The van der Waals surface area contributed by atoms with E-state index in [-0.39, 0.29) is 0 Å². The number of unbranched alkanes of at least 4 members (excludes halogenated alkanes) is 1. The van der Waals surface area contributed by atoms with Gasteiger partial charge in [-0.15, -0.1) is 0 Å². The lowest BCUT2D eigenvalue weighted by atomic mass is 10.1. The maximum Gasteiger partial charge on any atom is 0.0619 e. The molecule has 2 heteroatoms. The quantitative estimate of drug-likeness (QED) is 0.638. The van der Waals surface area contributed by atoms with Crippen molar-refractivity contribution in [3.63, 3.8) is 0 Å². The van der Waals surface area contributed by atoms with E-state index >= 15 is 0 Å². The van der Waals surface area contributed by atoms with Crippen molar-refractivity contribution in [1.82, 2.24) is 5.32 Å². The Bertz CT molecular complexity index is 100. The highest BCUT2D eigenvalue weighted by Gasteiger charge is 2.11. The molecule has 1 atom stereocenters. The first-order chi connectivity index (χ1) is 5.93. The zero-order valence-electron chi connectivity index (χ0n) is 8.14. The summed E-state index contributed by atoms with van der Waals surface area (Å²) in [4.78, 5) is 0. The van der Waals surface area contributed by atoms with Crippen molar-refractivity contribution in [3.8, 4) is 0 Å². The predicted molar refractivity (Wildman–Crippen MR) is 51.4 cm³/mol. The molecule has 1 rings (SSSR count). The molecule has 0 amide bonds. The van der Waals surface area contributed by atoms with E-state index in [4.69, 9.17) is 4.74 Å². The number of nitrogens with one attached hydrogen (secondary N) is 1. The lowest BCUT2D eigenvalue weighted by molar-refractivity contribution is 0.101. The van der Waals surface area contributed by atoms with Crippen molar-refractivity contribution in [1.29, 1.82) is 0 Å². The Labute approximate surface area is 75.7 Å². The third kappa shape index (κ3) is 4.07. The first-order valence-corrected chi connectivity index (χ1v) is 5.24. The van der Waals surface area contributed by atoms with Crippen LogP contribution in [0.25, 0.3) is 0 Å². The molecule has 1 fully saturated rings. The third-order valence-corrected chi connectivity index (χ3v) is 2.37. The highest BCUT2D eigenvalue weighted by Crippen LogP contribution is 2.07. The standard InChI is InChI=1S/C10H21NO/c1-2-3-8-12-9-10-6-4-5-7-11-10/h10-11H,2-9H2,1H3. The predicted octanol–water partition coefficient (Wildman–Crippen LogP) is 1.95. The number of rotatable bonds is 5. The molecule has 0 aromatic heterocycles. The summed E-state index contributed by atoms with van der Waals surface area (Å²) in [5, 5.41) is 3.47. The van der Waals surface area contributed by atoms with Crippen molar-refractivity contribution in [2.45, 2.75) is 45.1 Å². The number of ether oxygens (including phenoxy) is 1. The van der Waals surface area contributed by atoms with Gasteiger partial charge in [-0.2, -0.15) is 0 Å². The maximum atomic E-state index is 5.55. The summed E-state index contributed by atoms with van der Waals surface area (Å²) < 4.78 is 5.55. The van der Waals surface area contributed by atoms with Crippen molar-refractivity contribution >= 4 is 0 Å². The van der Waals surface area contributed by atoms with Crippen LogP contribution < -0.4 is 5.32 Å². The Morgan fingerprint density at radius 3 is 3.00 bits per heavy atom. The van der Waals surface area contributed by atoms with Crippen LogP contribution in [0.15, 0.2) is 0 Å². The summed E-state index contributed by atoms with van der Waals surface area (Å²) in [5.41, 5.74) is 0. The highest BCUT2D eigenvalue weighted by atomic mass is 16.5. The van der Waals surface area contributed by atoms with E-state index in [1.165, 1.54) is 38.6 Å². The Kier molecular flexibility index (Phi) is 5.37. The average Bonchev–Trinajstić information content (AvgIpc) is 2.14. The summed E-state index contributed by atoms with van der Waals surface area (Å²) >= 11 is 0. The summed E-state index contributed by atoms with van der Waals surface area (Å²) in [5.74, 6) is 0. The van der Waals surface area contributed by atoms with Gasteiger partial charge in [0.1, 0.15) is 0 Å². The molecule has 1 heterocycles. The monoisotopic (exact) mass is 171 g/mol. The molecule has 0 aliphatic carbocycles. The van der Waals surface area contributed by atoms with Crippen molar-refractivity contribution < 1.29 is 4.74 Å². The summed E-state index contributed by atoms with van der Waals surface area (Å²) in [6.45, 7) is 5.23. The van der Waals surface area contributed by atoms with Crippen LogP contribution in [0.2, 0.25) is 0 Å². The van der Waals surface area contributed by atoms with E-state index in [1.54, 1.807) is 0 Å². The van der Waals surface area contributed by atoms with E-state index in [0.717, 1.165) is 13.2 Å². The van der Waals surface area contributed by atoms with Gasteiger partial charge in [-0.05, 0) is 25.8 Å². The van der Waals surface area contributed by atoms with Crippen LogP contribution in [0.4, 0.5) is 0 Å². The largest absolute Gasteiger partial charge is 0.380 e. The van der Waals surface area contributed by atoms with E-state index < -0.39 is 0 Å². The second-order valence-corrected chi connectivity index (χ2v) is 3.58. The van der Waals surface area contributed by atoms with E-state index in [0.29, 0.717) is 6.04 Å². The fourth-order valence-electron chi connectivity index (χ4n) is 1.54. The zero-order chi connectivity index (χ0) is 8.65. The topological polar surface area (TPSA) is 21.3 Å². The van der Waals surface area contributed by atoms with Crippen LogP contribution in [0.5, 0.6) is 0 Å². The molecule has 1 unspecified atom stereocenters. The second-order valence-electron chi connectivity index (χ2n) is 3.58. The van der Waals surface area contributed by atoms with Gasteiger partial charge in [-0.25, -0.2) is 0 Å². The molecular formula is C10H21NO. The molecule has 0 bridgehead atoms. The minimum Gasteiger partial charge on any atom is -0.380 e. The highest BCUT2D eigenvalue weighted by molar-refractivity contribution is 4.71. The maximum absolute atomic E-state index is 5.55. The van der Waals surface area contributed by atoms with Crippen LogP contribution in [0, 0.1) is 0 Å². The van der Waals surface area contributed by atoms with Gasteiger partial charge in [0.05, 0.1) is 6.61 Å². The molecule has 2 nitrogen and oxygen atoms in total. The van der Waals surface area contributed by atoms with Gasteiger partial charge < -0.3 is 10.1 Å². The van der Waals surface area contributed by atoms with E-state index in [1.807, 2.05) is 0 Å². The van der Waals surface area contributed by atoms with Crippen molar-refractivity contribution in [3.05, 3.63) is 0 Å². The molecule has 0 aromatic carbocycles. The summed E-state index contributed by atoms with van der Waals surface area (Å²) in [6, 6.07) is 0.635. The number of piperidine rings is 1. The average molecular weight is 171 g/mol. The normalized spacial score (nSPS) is 24.2. The zero-order valence-corrected chi connectivity index (χ0v) is 8.14. The molecule has 12 heavy (non-hydrogen) atoms. The minimum atomic E-state index is 0.635. The van der Waals surface area contributed by atoms with Crippen LogP contribution in [0.1, 0.15) is 39.0 Å². The number of hydrogen-bond acceptors (Lipinski definition) is 2. The van der Waals surface area contributed by atoms with Gasteiger partial charge in [-0.1, -0.05) is 19.8 Å². The summed E-state index contributed by atoms with van der Waals surface area (Å²) in [7, 11) is 0. The van der Waals surface area contributed by atoms with Gasteiger partial charge in [0.15, 0.2) is 0 Å². The molecule has 1 saturated heterocycles. The van der Waals surface area contributed by atoms with Crippen molar-refractivity contribution in [2.24, 2.45) is 0 Å². The van der Waals surface area contributed by atoms with Gasteiger partial charge >= 0.3 is 0 Å². The Hall–Kier alpha value is -0.0800. The number of hydrogen-bond donors (Lipinski definition) is 1. The molecular weight excluding hydrogens is 150 g/mol. The molecule has 1 N–H and O–H groups in total. The van der Waals surface area contributed by atoms with Gasteiger partial charge in [0.25, 0.3) is 0 Å². The van der Waals surface area contributed by atoms with Gasteiger partial charge in [0.2, 0.25) is 0 Å². The third-order valence-electron chi connectivity index (χ3n) is 2.37. The lowest BCUT2D eigenvalue weighted by Crippen LogP contribution is -2.37. The van der Waals surface area contributed by atoms with Crippen LogP contribution >= 0.6 is 0 Å². The van der Waals surface area contributed by atoms with Crippen LogP contribution in [-0.2, 0) is 4.74 Å². The fourth-order valence-corrected chi connectivity index (χ4v) is 1.54. The SMILES string of the molecule is CCCCOCC1CCCCN1.